The van der Waals surface area contributed by atoms with Crippen LogP contribution in [0.5, 0.6) is 0 Å². The molecule has 0 aliphatic heterocycles. The van der Waals surface area contributed by atoms with E-state index < -0.39 is 5.91 Å². The number of nitrogens with two attached hydrogens (primary N) is 1. The number of hydrogen-bond acceptors (Lipinski definition) is 2. The van der Waals surface area contributed by atoms with E-state index in [1.165, 1.54) is 0 Å². The lowest BCUT2D eigenvalue weighted by Gasteiger charge is -2.24. The van der Waals surface area contributed by atoms with E-state index in [9.17, 15) is 9.59 Å². The highest BCUT2D eigenvalue weighted by atomic mass is 16.2. The second-order valence-corrected chi connectivity index (χ2v) is 7.65. The van der Waals surface area contributed by atoms with Gasteiger partial charge in [0, 0.05) is 22.5 Å². The molecule has 0 radical (unpaired) electrons. The lowest BCUT2D eigenvalue weighted by atomic mass is 10.1. The van der Waals surface area contributed by atoms with Gasteiger partial charge < -0.3 is 5.73 Å². The Kier molecular flexibility index (Phi) is 4.88. The van der Waals surface area contributed by atoms with E-state index >= 15 is 0 Å². The largest absolute Gasteiger partial charge is 0.366 e. The molecule has 2 N–H and O–H groups in total. The van der Waals surface area contributed by atoms with Crippen LogP contribution in [0.3, 0.4) is 0 Å². The molecule has 0 bridgehead atoms. The van der Waals surface area contributed by atoms with Crippen LogP contribution in [0.1, 0.15) is 20.7 Å². The maximum atomic E-state index is 13.7. The number of nitrogens with zero attached hydrogens (tertiary/aromatic N) is 1. The second-order valence-electron chi connectivity index (χ2n) is 7.65. The van der Waals surface area contributed by atoms with Gasteiger partial charge in [0.05, 0.1) is 0 Å². The Hall–Kier alpha value is -4.44. The number of carbonyl (C=O) groups is 2. The average molecular weight is 416 g/mol. The van der Waals surface area contributed by atoms with Crippen LogP contribution in [0.4, 0.5) is 11.4 Å². The summed E-state index contributed by atoms with van der Waals surface area (Å²) < 4.78 is 0. The number of carbonyl (C=O) groups excluding carboxylic acids is 2. The first-order chi connectivity index (χ1) is 15.6. The highest BCUT2D eigenvalue weighted by Gasteiger charge is 2.21. The molecule has 2 amide bonds. The summed E-state index contributed by atoms with van der Waals surface area (Å²) >= 11 is 0. The van der Waals surface area contributed by atoms with Crippen LogP contribution >= 0.6 is 0 Å². The van der Waals surface area contributed by atoms with E-state index in [2.05, 4.69) is 0 Å². The van der Waals surface area contributed by atoms with Crippen LogP contribution in [0.15, 0.2) is 109 Å². The first kappa shape index (κ1) is 19.5. The number of amides is 2. The van der Waals surface area contributed by atoms with E-state index in [1.807, 2.05) is 84.9 Å². The Morgan fingerprint density at radius 2 is 0.969 bits per heavy atom. The zero-order valence-corrected chi connectivity index (χ0v) is 17.2. The van der Waals surface area contributed by atoms with E-state index in [0.29, 0.717) is 11.1 Å². The molecule has 5 rings (SSSR count). The van der Waals surface area contributed by atoms with Crippen molar-refractivity contribution in [2.45, 2.75) is 0 Å². The topological polar surface area (TPSA) is 63.4 Å². The summed E-state index contributed by atoms with van der Waals surface area (Å²) in [6.45, 7) is 0. The number of primary amides is 1. The molecule has 4 heteroatoms. The Morgan fingerprint density at radius 1 is 0.531 bits per heavy atom. The molecular weight excluding hydrogens is 396 g/mol. The van der Waals surface area contributed by atoms with Crippen molar-refractivity contribution in [3.63, 3.8) is 0 Å². The van der Waals surface area contributed by atoms with Crippen LogP contribution in [-0.2, 0) is 0 Å². The van der Waals surface area contributed by atoms with Gasteiger partial charge in [-0.1, -0.05) is 60.7 Å². The Morgan fingerprint density at radius 3 is 1.44 bits per heavy atom. The molecule has 0 atom stereocenters. The van der Waals surface area contributed by atoms with Gasteiger partial charge >= 0.3 is 0 Å². The minimum absolute atomic E-state index is 0.188. The van der Waals surface area contributed by atoms with E-state index in [0.717, 1.165) is 32.9 Å². The third kappa shape index (κ3) is 3.59. The van der Waals surface area contributed by atoms with Crippen LogP contribution in [0.25, 0.3) is 21.5 Å². The van der Waals surface area contributed by atoms with Crippen LogP contribution in [0, 0.1) is 0 Å². The summed E-state index contributed by atoms with van der Waals surface area (Å²) in [6.07, 6.45) is 0. The molecule has 154 valence electrons. The summed E-state index contributed by atoms with van der Waals surface area (Å²) in [5.74, 6) is -0.712. The SMILES string of the molecule is NC(=O)c1ccc(C(=O)N(c2ccc3ccccc3c2)c2ccc3ccccc3c2)cc1. The van der Waals surface area contributed by atoms with E-state index in [4.69, 9.17) is 5.73 Å². The highest BCUT2D eigenvalue weighted by Crippen LogP contribution is 2.32. The number of anilines is 2. The van der Waals surface area contributed by atoms with Crippen molar-refractivity contribution in [2.75, 3.05) is 4.90 Å². The predicted molar refractivity (Wildman–Crippen MR) is 129 cm³/mol. The normalized spacial score (nSPS) is 10.9. The molecular formula is C28H20N2O2. The van der Waals surface area contributed by atoms with Gasteiger partial charge in [-0.15, -0.1) is 0 Å². The van der Waals surface area contributed by atoms with Crippen molar-refractivity contribution in [1.29, 1.82) is 0 Å². The fourth-order valence-electron chi connectivity index (χ4n) is 3.92. The molecule has 0 saturated carbocycles. The van der Waals surface area contributed by atoms with Gasteiger partial charge in [-0.3, -0.25) is 14.5 Å². The van der Waals surface area contributed by atoms with Crippen molar-refractivity contribution in [2.24, 2.45) is 5.73 Å². The second kappa shape index (κ2) is 8.00. The van der Waals surface area contributed by atoms with Gasteiger partial charge in [-0.2, -0.15) is 0 Å². The van der Waals surface area contributed by atoms with Crippen molar-refractivity contribution in [3.8, 4) is 0 Å². The minimum atomic E-state index is -0.523. The van der Waals surface area contributed by atoms with Crippen molar-refractivity contribution in [1.82, 2.24) is 0 Å². The fraction of sp³-hybridized carbons (Fsp3) is 0. The summed E-state index contributed by atoms with van der Waals surface area (Å²) in [6, 6.07) is 34.5. The number of fused-ring (bicyclic) bond motifs is 2. The first-order valence-electron chi connectivity index (χ1n) is 10.3. The number of benzene rings is 5. The first-order valence-corrected chi connectivity index (χ1v) is 10.3. The van der Waals surface area contributed by atoms with Crippen LogP contribution < -0.4 is 10.6 Å². The molecule has 0 aliphatic carbocycles. The minimum Gasteiger partial charge on any atom is -0.366 e. The molecule has 0 fully saturated rings. The van der Waals surface area contributed by atoms with Crippen molar-refractivity contribution >= 4 is 44.7 Å². The smallest absolute Gasteiger partial charge is 0.262 e. The maximum Gasteiger partial charge on any atom is 0.262 e. The lowest BCUT2D eigenvalue weighted by Crippen LogP contribution is -2.26. The van der Waals surface area contributed by atoms with Gasteiger partial charge in [0.15, 0.2) is 0 Å². The monoisotopic (exact) mass is 416 g/mol. The molecule has 0 spiro atoms. The van der Waals surface area contributed by atoms with E-state index in [-0.39, 0.29) is 5.91 Å². The predicted octanol–water partition coefficient (Wildman–Crippen LogP) is 6.07. The van der Waals surface area contributed by atoms with Crippen molar-refractivity contribution in [3.05, 3.63) is 120 Å². The molecule has 5 aromatic carbocycles. The Labute approximate surface area is 185 Å². The van der Waals surface area contributed by atoms with Crippen LogP contribution in [0.2, 0.25) is 0 Å². The average Bonchev–Trinajstić information content (AvgIpc) is 2.84. The fourth-order valence-corrected chi connectivity index (χ4v) is 3.92. The summed E-state index contributed by atoms with van der Waals surface area (Å²) in [5.41, 5.74) is 7.72. The summed E-state index contributed by atoms with van der Waals surface area (Å²) in [4.78, 5) is 26.9. The lowest BCUT2D eigenvalue weighted by molar-refractivity contribution is 0.0988. The van der Waals surface area contributed by atoms with Gasteiger partial charge in [0.2, 0.25) is 5.91 Å². The van der Waals surface area contributed by atoms with Gasteiger partial charge in [0.25, 0.3) is 5.91 Å². The number of hydrogen-bond donors (Lipinski definition) is 1. The molecule has 5 aromatic rings. The zero-order valence-electron chi connectivity index (χ0n) is 17.2. The van der Waals surface area contributed by atoms with Crippen LogP contribution in [-0.4, -0.2) is 11.8 Å². The molecule has 0 aliphatic rings. The zero-order chi connectivity index (χ0) is 22.1. The molecule has 4 nitrogen and oxygen atoms in total. The number of rotatable bonds is 4. The Balaban J connectivity index is 1.66. The quantitative estimate of drug-likeness (QED) is 0.386. The molecule has 32 heavy (non-hydrogen) atoms. The standard InChI is InChI=1S/C28H20N2O2/c29-27(31)21-9-11-22(12-10-21)28(32)30(25-15-13-19-5-1-3-7-23(19)17-25)26-16-14-20-6-2-4-8-24(20)18-26/h1-18H,(H2,29,31). The maximum absolute atomic E-state index is 13.7. The molecule has 0 saturated heterocycles. The van der Waals surface area contributed by atoms with Gasteiger partial charge in [-0.25, -0.2) is 0 Å². The summed E-state index contributed by atoms with van der Waals surface area (Å²) in [5, 5.41) is 4.31. The highest BCUT2D eigenvalue weighted by molar-refractivity contribution is 6.12. The molecule has 0 heterocycles. The van der Waals surface area contributed by atoms with E-state index in [1.54, 1.807) is 29.2 Å². The van der Waals surface area contributed by atoms with Gasteiger partial charge in [0.1, 0.15) is 0 Å². The third-order valence-electron chi connectivity index (χ3n) is 5.60. The van der Waals surface area contributed by atoms with Gasteiger partial charge in [-0.05, 0) is 70.1 Å². The molecule has 0 unspecified atom stereocenters. The summed E-state index contributed by atoms with van der Waals surface area (Å²) in [7, 11) is 0. The Bertz CT molecular complexity index is 1390. The molecule has 0 aromatic heterocycles. The third-order valence-corrected chi connectivity index (χ3v) is 5.60. The van der Waals surface area contributed by atoms with Crippen molar-refractivity contribution < 1.29 is 9.59 Å².